The number of rotatable bonds is 2. The molecule has 0 spiro atoms. The van der Waals surface area contributed by atoms with Crippen LogP contribution < -0.4 is 10.6 Å². The van der Waals surface area contributed by atoms with Crippen molar-refractivity contribution in [1.29, 1.82) is 0 Å². The second kappa shape index (κ2) is 3.93. The molecule has 16 heavy (non-hydrogen) atoms. The second-order valence-corrected chi connectivity index (χ2v) is 3.69. The molecule has 1 aliphatic heterocycles. The van der Waals surface area contributed by atoms with Crippen LogP contribution >= 0.6 is 0 Å². The maximum Gasteiger partial charge on any atom is 0.416 e. The van der Waals surface area contributed by atoms with E-state index in [1.54, 1.807) is 0 Å². The summed E-state index contributed by atoms with van der Waals surface area (Å²) >= 11 is 0. The van der Waals surface area contributed by atoms with E-state index in [9.17, 15) is 17.6 Å². The third-order valence-corrected chi connectivity index (χ3v) is 2.43. The third-order valence-electron chi connectivity index (χ3n) is 2.43. The van der Waals surface area contributed by atoms with E-state index in [-0.39, 0.29) is 11.7 Å². The van der Waals surface area contributed by atoms with Crippen molar-refractivity contribution in [2.45, 2.75) is 12.2 Å². The van der Waals surface area contributed by atoms with E-state index in [4.69, 9.17) is 0 Å². The summed E-state index contributed by atoms with van der Waals surface area (Å²) in [5.74, 6) is -0.667. The molecule has 1 aromatic carbocycles. The van der Waals surface area contributed by atoms with E-state index in [1.165, 1.54) is 0 Å². The lowest BCUT2D eigenvalue weighted by molar-refractivity contribution is -0.137. The fraction of sp³-hybridized carbons (Fsp3) is 0.400. The van der Waals surface area contributed by atoms with Crippen molar-refractivity contribution in [3.8, 4) is 0 Å². The average Bonchev–Trinajstić information content (AvgIpc) is 2.11. The zero-order chi connectivity index (χ0) is 11.8. The van der Waals surface area contributed by atoms with Crippen LogP contribution in [0.15, 0.2) is 18.2 Å². The second-order valence-electron chi connectivity index (χ2n) is 3.69. The molecule has 0 aliphatic carbocycles. The van der Waals surface area contributed by atoms with Gasteiger partial charge in [0.2, 0.25) is 0 Å². The maximum atomic E-state index is 13.2. The molecular weight excluding hydrogens is 224 g/mol. The molecule has 2 rings (SSSR count). The van der Waals surface area contributed by atoms with Crippen molar-refractivity contribution in [3.63, 3.8) is 0 Å². The van der Waals surface area contributed by atoms with Crippen molar-refractivity contribution in [1.82, 2.24) is 5.32 Å². The molecule has 1 saturated heterocycles. The molecule has 1 fully saturated rings. The Morgan fingerprint density at radius 1 is 1.25 bits per heavy atom. The highest BCUT2D eigenvalue weighted by Crippen LogP contribution is 2.32. The van der Waals surface area contributed by atoms with Gasteiger partial charge in [0.1, 0.15) is 5.82 Å². The largest absolute Gasteiger partial charge is 0.416 e. The molecule has 0 radical (unpaired) electrons. The van der Waals surface area contributed by atoms with Crippen LogP contribution in [0.1, 0.15) is 5.56 Å². The molecule has 2 nitrogen and oxygen atoms in total. The molecule has 88 valence electrons. The predicted octanol–water partition coefficient (Wildman–Crippen LogP) is 2.23. The zero-order valence-electron chi connectivity index (χ0n) is 8.24. The topological polar surface area (TPSA) is 24.1 Å². The Balaban J connectivity index is 2.21. The first-order valence-corrected chi connectivity index (χ1v) is 4.81. The number of anilines is 1. The molecule has 0 atom stereocenters. The highest BCUT2D eigenvalue weighted by Gasteiger charge is 2.31. The Bertz CT molecular complexity index is 385. The summed E-state index contributed by atoms with van der Waals surface area (Å²) in [5.41, 5.74) is -0.940. The van der Waals surface area contributed by atoms with Crippen LogP contribution in [0, 0.1) is 5.82 Å². The number of benzene rings is 1. The van der Waals surface area contributed by atoms with Crippen LogP contribution in [-0.2, 0) is 6.18 Å². The van der Waals surface area contributed by atoms with Crippen LogP contribution in [0.5, 0.6) is 0 Å². The van der Waals surface area contributed by atoms with E-state index < -0.39 is 17.6 Å². The Kier molecular flexibility index (Phi) is 2.75. The summed E-state index contributed by atoms with van der Waals surface area (Å²) in [6, 6.07) is 2.36. The number of hydrogen-bond acceptors (Lipinski definition) is 2. The Hall–Kier alpha value is -1.30. The van der Waals surface area contributed by atoms with Gasteiger partial charge in [0, 0.05) is 13.1 Å². The van der Waals surface area contributed by atoms with Gasteiger partial charge < -0.3 is 10.6 Å². The normalized spacial score (nSPS) is 17.0. The van der Waals surface area contributed by atoms with Gasteiger partial charge in [0.05, 0.1) is 17.3 Å². The number of halogens is 4. The Labute approximate surface area is 89.6 Å². The van der Waals surface area contributed by atoms with Gasteiger partial charge in [0.15, 0.2) is 0 Å². The number of hydrogen-bond donors (Lipinski definition) is 2. The van der Waals surface area contributed by atoms with Crippen molar-refractivity contribution in [3.05, 3.63) is 29.6 Å². The Morgan fingerprint density at radius 3 is 2.44 bits per heavy atom. The van der Waals surface area contributed by atoms with E-state index in [1.807, 2.05) is 0 Å². The van der Waals surface area contributed by atoms with E-state index in [0.717, 1.165) is 18.2 Å². The molecule has 0 aromatic heterocycles. The summed E-state index contributed by atoms with van der Waals surface area (Å²) in [6.45, 7) is 1.27. The first-order valence-electron chi connectivity index (χ1n) is 4.81. The van der Waals surface area contributed by atoms with E-state index in [0.29, 0.717) is 13.1 Å². The number of nitrogens with one attached hydrogen (secondary N) is 2. The molecule has 0 saturated carbocycles. The highest BCUT2D eigenvalue weighted by atomic mass is 19.4. The fourth-order valence-corrected chi connectivity index (χ4v) is 1.42. The molecule has 1 heterocycles. The maximum absolute atomic E-state index is 13.2. The van der Waals surface area contributed by atoms with Gasteiger partial charge in [0.25, 0.3) is 0 Å². The van der Waals surface area contributed by atoms with Gasteiger partial charge in [-0.05, 0) is 18.2 Å². The summed E-state index contributed by atoms with van der Waals surface area (Å²) in [7, 11) is 0. The van der Waals surface area contributed by atoms with Gasteiger partial charge in [-0.25, -0.2) is 4.39 Å². The minimum atomic E-state index is -4.44. The average molecular weight is 234 g/mol. The van der Waals surface area contributed by atoms with Crippen LogP contribution in [-0.4, -0.2) is 19.1 Å². The quantitative estimate of drug-likeness (QED) is 0.767. The van der Waals surface area contributed by atoms with Crippen LogP contribution in [0.25, 0.3) is 0 Å². The first kappa shape index (κ1) is 11.2. The van der Waals surface area contributed by atoms with Crippen LogP contribution in [0.3, 0.4) is 0 Å². The van der Waals surface area contributed by atoms with Gasteiger partial charge in [-0.1, -0.05) is 0 Å². The minimum Gasteiger partial charge on any atom is -0.377 e. The third kappa shape index (κ3) is 2.27. The lowest BCUT2D eigenvalue weighted by atomic mass is 10.1. The fourth-order valence-electron chi connectivity index (χ4n) is 1.42. The smallest absolute Gasteiger partial charge is 0.377 e. The summed E-state index contributed by atoms with van der Waals surface area (Å²) < 4.78 is 50.3. The van der Waals surface area contributed by atoms with Crippen LogP contribution in [0.4, 0.5) is 23.2 Å². The molecule has 1 aromatic rings. The molecular formula is C10H10F4N2. The lowest BCUT2D eigenvalue weighted by Gasteiger charge is -2.29. The van der Waals surface area contributed by atoms with E-state index in [2.05, 4.69) is 10.6 Å². The monoisotopic (exact) mass is 234 g/mol. The summed E-state index contributed by atoms with van der Waals surface area (Å²) in [5, 5.41) is 5.66. The van der Waals surface area contributed by atoms with Crippen molar-refractivity contribution >= 4 is 5.69 Å². The Morgan fingerprint density at radius 2 is 1.94 bits per heavy atom. The van der Waals surface area contributed by atoms with Gasteiger partial charge in [-0.2, -0.15) is 13.2 Å². The molecule has 1 aliphatic rings. The van der Waals surface area contributed by atoms with E-state index >= 15 is 0 Å². The summed E-state index contributed by atoms with van der Waals surface area (Å²) in [6.07, 6.45) is -4.44. The van der Waals surface area contributed by atoms with Gasteiger partial charge in [-0.15, -0.1) is 0 Å². The minimum absolute atomic E-state index is 0.00187. The van der Waals surface area contributed by atoms with Gasteiger partial charge >= 0.3 is 6.18 Å². The standard InChI is InChI=1S/C10H10F4N2/c11-8-2-1-6(10(12,13)14)3-9(8)16-7-4-15-5-7/h1-3,7,15-16H,4-5H2. The van der Waals surface area contributed by atoms with Crippen molar-refractivity contribution in [2.75, 3.05) is 18.4 Å². The van der Waals surface area contributed by atoms with Gasteiger partial charge in [-0.3, -0.25) is 0 Å². The predicted molar refractivity (Wildman–Crippen MR) is 51.7 cm³/mol. The lowest BCUT2D eigenvalue weighted by Crippen LogP contribution is -2.51. The molecule has 0 amide bonds. The number of alkyl halides is 3. The molecule has 6 heteroatoms. The zero-order valence-corrected chi connectivity index (χ0v) is 8.24. The first-order chi connectivity index (χ1) is 7.47. The molecule has 0 unspecified atom stereocenters. The van der Waals surface area contributed by atoms with Crippen LogP contribution in [0.2, 0.25) is 0 Å². The SMILES string of the molecule is Fc1ccc(C(F)(F)F)cc1NC1CNC1. The molecule has 0 bridgehead atoms. The van der Waals surface area contributed by atoms with Crippen molar-refractivity contribution < 1.29 is 17.6 Å². The highest BCUT2D eigenvalue weighted by molar-refractivity contribution is 5.49. The van der Waals surface area contributed by atoms with Crippen molar-refractivity contribution in [2.24, 2.45) is 0 Å². The summed E-state index contributed by atoms with van der Waals surface area (Å²) in [4.78, 5) is 0. The molecule has 2 N–H and O–H groups in total.